The third-order valence-corrected chi connectivity index (χ3v) is 2.39. The molecule has 0 spiro atoms. The van der Waals surface area contributed by atoms with Crippen molar-refractivity contribution in [1.82, 2.24) is 0 Å². The van der Waals surface area contributed by atoms with Gasteiger partial charge < -0.3 is 15.8 Å². The number of nitrogens with one attached hydrogen (secondary N) is 1. The number of esters is 1. The number of hydrogen-bond donors (Lipinski definition) is 2. The summed E-state index contributed by atoms with van der Waals surface area (Å²) in [5.74, 6) is -0.786. The fourth-order valence-electron chi connectivity index (χ4n) is 1.59. The number of anilines is 2. The molecule has 96 valence electrons. The molecule has 5 heteroatoms. The number of rotatable bonds is 3. The second-order valence-corrected chi connectivity index (χ2v) is 3.75. The lowest BCUT2D eigenvalue weighted by molar-refractivity contribution is 0.0639. The molecule has 0 saturated carbocycles. The van der Waals surface area contributed by atoms with E-state index in [0.717, 1.165) is 5.69 Å². The number of ether oxygens (including phenoxy) is 1. The molecule has 2 rings (SSSR count). The topological polar surface area (TPSA) is 81.4 Å². The Bertz CT molecular complexity index is 597. The Morgan fingerprint density at radius 2 is 1.58 bits per heavy atom. The van der Waals surface area contributed by atoms with Crippen molar-refractivity contribution in [3.63, 3.8) is 0 Å². The molecule has 5 nitrogen and oxygen atoms in total. The van der Waals surface area contributed by atoms with Crippen LogP contribution in [0.1, 0.15) is 10.4 Å². The first-order valence-electron chi connectivity index (χ1n) is 5.59. The number of primary amides is 1. The molecule has 0 unspecified atom stereocenters. The van der Waals surface area contributed by atoms with Crippen LogP contribution in [0, 0.1) is 0 Å². The van der Waals surface area contributed by atoms with Gasteiger partial charge in [-0.15, -0.1) is 0 Å². The lowest BCUT2D eigenvalue weighted by Gasteiger charge is -2.10. The van der Waals surface area contributed by atoms with E-state index in [1.54, 1.807) is 24.3 Å². The van der Waals surface area contributed by atoms with E-state index in [1.807, 2.05) is 30.3 Å². The Morgan fingerprint density at radius 3 is 2.26 bits per heavy atom. The summed E-state index contributed by atoms with van der Waals surface area (Å²) in [4.78, 5) is 22.3. The number of hydrogen-bond acceptors (Lipinski definition) is 4. The van der Waals surface area contributed by atoms with Gasteiger partial charge in [-0.05, 0) is 24.3 Å². The zero-order chi connectivity index (χ0) is 13.7. The average Bonchev–Trinajstić information content (AvgIpc) is 2.39. The van der Waals surface area contributed by atoms with Crippen LogP contribution in [0.15, 0.2) is 54.6 Å². The third-order valence-electron chi connectivity index (χ3n) is 2.39. The number of carbonyl (C=O) groups is 2. The summed E-state index contributed by atoms with van der Waals surface area (Å²) in [5.41, 5.74) is 6.43. The molecule has 0 fully saturated rings. The molecular formula is C14H12N2O3. The first-order chi connectivity index (χ1) is 9.16. The molecule has 1 amide bonds. The van der Waals surface area contributed by atoms with Crippen LogP contribution in [0.3, 0.4) is 0 Å². The van der Waals surface area contributed by atoms with E-state index in [0.29, 0.717) is 5.69 Å². The second-order valence-electron chi connectivity index (χ2n) is 3.75. The predicted octanol–water partition coefficient (Wildman–Crippen LogP) is 2.67. The van der Waals surface area contributed by atoms with Crippen molar-refractivity contribution in [2.24, 2.45) is 5.73 Å². The minimum Gasteiger partial charge on any atom is -0.373 e. The first-order valence-corrected chi connectivity index (χ1v) is 5.59. The van der Waals surface area contributed by atoms with E-state index in [-0.39, 0.29) is 5.56 Å². The van der Waals surface area contributed by atoms with Crippen molar-refractivity contribution >= 4 is 23.4 Å². The molecule has 0 aliphatic heterocycles. The van der Waals surface area contributed by atoms with Crippen molar-refractivity contribution in [2.45, 2.75) is 0 Å². The summed E-state index contributed by atoms with van der Waals surface area (Å²) in [6.07, 6.45) is -1.13. The molecule has 2 aromatic rings. The molecule has 2 aromatic carbocycles. The summed E-state index contributed by atoms with van der Waals surface area (Å²) >= 11 is 0. The minimum absolute atomic E-state index is 0.241. The fraction of sp³-hybridized carbons (Fsp3) is 0. The van der Waals surface area contributed by atoms with Crippen LogP contribution >= 0.6 is 0 Å². The number of nitrogens with two attached hydrogens (primary N) is 1. The van der Waals surface area contributed by atoms with Crippen molar-refractivity contribution in [1.29, 1.82) is 0 Å². The van der Waals surface area contributed by atoms with Gasteiger partial charge in [-0.3, -0.25) is 0 Å². The Kier molecular flexibility index (Phi) is 3.78. The van der Waals surface area contributed by atoms with Crippen molar-refractivity contribution < 1.29 is 14.3 Å². The van der Waals surface area contributed by atoms with Gasteiger partial charge in [0, 0.05) is 5.69 Å². The highest BCUT2D eigenvalue weighted by Gasteiger charge is 2.14. The highest BCUT2D eigenvalue weighted by molar-refractivity contribution is 6.01. The van der Waals surface area contributed by atoms with Gasteiger partial charge >= 0.3 is 12.1 Å². The first kappa shape index (κ1) is 12.6. The fourth-order valence-corrected chi connectivity index (χ4v) is 1.59. The Balaban J connectivity index is 2.26. The molecule has 0 aliphatic carbocycles. The van der Waals surface area contributed by atoms with Gasteiger partial charge in [0.1, 0.15) is 0 Å². The van der Waals surface area contributed by atoms with Gasteiger partial charge in [0.15, 0.2) is 0 Å². The number of para-hydroxylation sites is 2. The highest BCUT2D eigenvalue weighted by Crippen LogP contribution is 2.21. The smallest absolute Gasteiger partial charge is 0.373 e. The molecule has 0 aliphatic rings. The normalized spacial score (nSPS) is 9.68. The molecule has 0 bridgehead atoms. The van der Waals surface area contributed by atoms with E-state index in [1.165, 1.54) is 0 Å². The average molecular weight is 256 g/mol. The van der Waals surface area contributed by atoms with Crippen molar-refractivity contribution in [3.8, 4) is 0 Å². The monoisotopic (exact) mass is 256 g/mol. The molecule has 0 aromatic heterocycles. The summed E-state index contributed by atoms with van der Waals surface area (Å²) < 4.78 is 4.37. The molecule has 19 heavy (non-hydrogen) atoms. The zero-order valence-electron chi connectivity index (χ0n) is 10.00. The van der Waals surface area contributed by atoms with E-state index in [9.17, 15) is 9.59 Å². The molecule has 3 N–H and O–H groups in total. The molecule has 0 atom stereocenters. The standard InChI is InChI=1S/C14H12N2O3/c15-14(18)19-13(17)11-8-4-5-9-12(11)16-10-6-2-1-3-7-10/h1-9,16H,(H2,15,18). The van der Waals surface area contributed by atoms with E-state index < -0.39 is 12.1 Å². The van der Waals surface area contributed by atoms with Gasteiger partial charge in [-0.1, -0.05) is 30.3 Å². The summed E-state index contributed by atoms with van der Waals surface area (Å²) in [5, 5.41) is 3.07. The largest absolute Gasteiger partial charge is 0.412 e. The lowest BCUT2D eigenvalue weighted by Crippen LogP contribution is -2.19. The third kappa shape index (κ3) is 3.32. The van der Waals surface area contributed by atoms with Crippen LogP contribution in [0.25, 0.3) is 0 Å². The number of benzene rings is 2. The second kappa shape index (κ2) is 5.68. The van der Waals surface area contributed by atoms with E-state index in [2.05, 4.69) is 10.1 Å². The van der Waals surface area contributed by atoms with Crippen LogP contribution in [0.5, 0.6) is 0 Å². The SMILES string of the molecule is NC(=O)OC(=O)c1ccccc1Nc1ccccc1. The van der Waals surface area contributed by atoms with E-state index >= 15 is 0 Å². The molecular weight excluding hydrogens is 244 g/mol. The number of carbonyl (C=O) groups excluding carboxylic acids is 2. The van der Waals surface area contributed by atoms with Gasteiger partial charge in [-0.25, -0.2) is 9.59 Å². The molecule has 0 heterocycles. The molecule has 0 radical (unpaired) electrons. The summed E-state index contributed by atoms with van der Waals surface area (Å²) in [6.45, 7) is 0. The zero-order valence-corrected chi connectivity index (χ0v) is 10.00. The molecule has 0 saturated heterocycles. The van der Waals surface area contributed by atoms with Gasteiger partial charge in [-0.2, -0.15) is 0 Å². The maximum absolute atomic E-state index is 11.7. The number of amides is 1. The van der Waals surface area contributed by atoms with Gasteiger partial charge in [0.2, 0.25) is 0 Å². The Morgan fingerprint density at radius 1 is 0.947 bits per heavy atom. The minimum atomic E-state index is -1.13. The predicted molar refractivity (Wildman–Crippen MR) is 71.2 cm³/mol. The maximum Gasteiger partial charge on any atom is 0.412 e. The van der Waals surface area contributed by atoms with Gasteiger partial charge in [0.05, 0.1) is 11.3 Å². The highest BCUT2D eigenvalue weighted by atomic mass is 16.6. The van der Waals surface area contributed by atoms with Crippen LogP contribution in [-0.4, -0.2) is 12.1 Å². The van der Waals surface area contributed by atoms with Crippen LogP contribution < -0.4 is 11.1 Å². The maximum atomic E-state index is 11.7. The quantitative estimate of drug-likeness (QED) is 0.653. The van der Waals surface area contributed by atoms with Crippen molar-refractivity contribution in [3.05, 3.63) is 60.2 Å². The lowest BCUT2D eigenvalue weighted by atomic mass is 10.1. The van der Waals surface area contributed by atoms with Gasteiger partial charge in [0.25, 0.3) is 0 Å². The van der Waals surface area contributed by atoms with Crippen LogP contribution in [0.2, 0.25) is 0 Å². The van der Waals surface area contributed by atoms with E-state index in [4.69, 9.17) is 5.73 Å². The van der Waals surface area contributed by atoms with Crippen molar-refractivity contribution in [2.75, 3.05) is 5.32 Å². The van der Waals surface area contributed by atoms with Crippen LogP contribution in [-0.2, 0) is 4.74 Å². The van der Waals surface area contributed by atoms with Crippen LogP contribution in [0.4, 0.5) is 16.2 Å². The summed E-state index contributed by atoms with van der Waals surface area (Å²) in [6, 6.07) is 16.0. The Labute approximate surface area is 110 Å². The summed E-state index contributed by atoms with van der Waals surface area (Å²) in [7, 11) is 0. The Hall–Kier alpha value is -2.82.